The van der Waals surface area contributed by atoms with Crippen molar-refractivity contribution in [3.63, 3.8) is 0 Å². The molecule has 0 fully saturated rings. The average Bonchev–Trinajstić information content (AvgIpc) is 2.43. The van der Waals surface area contributed by atoms with E-state index in [9.17, 15) is 9.18 Å². The van der Waals surface area contributed by atoms with Gasteiger partial charge in [-0.2, -0.15) is 0 Å². The number of hydrogen-bond donors (Lipinski definition) is 1. The van der Waals surface area contributed by atoms with Crippen LogP contribution in [0.5, 0.6) is 0 Å². The van der Waals surface area contributed by atoms with Gasteiger partial charge in [-0.05, 0) is 24.6 Å². The summed E-state index contributed by atoms with van der Waals surface area (Å²) in [4.78, 5) is 11.7. The first-order valence-electron chi connectivity index (χ1n) is 7.34. The molecular formula is C16H23BrFNO. The summed E-state index contributed by atoms with van der Waals surface area (Å²) in [6.07, 6.45) is 7.49. The van der Waals surface area contributed by atoms with Crippen LogP contribution in [0.1, 0.15) is 57.4 Å². The number of carbonyl (C=O) groups is 1. The summed E-state index contributed by atoms with van der Waals surface area (Å²) in [5.41, 5.74) is 0.510. The second kappa shape index (κ2) is 9.92. The van der Waals surface area contributed by atoms with E-state index in [-0.39, 0.29) is 18.3 Å². The summed E-state index contributed by atoms with van der Waals surface area (Å²) in [6.45, 7) is 2.44. The molecule has 0 atom stereocenters. The van der Waals surface area contributed by atoms with Gasteiger partial charge in [-0.15, -0.1) is 0 Å². The quantitative estimate of drug-likeness (QED) is 0.631. The fourth-order valence-electron chi connectivity index (χ4n) is 2.03. The molecule has 1 aromatic carbocycles. The molecular weight excluding hydrogens is 321 g/mol. The fourth-order valence-corrected chi connectivity index (χ4v) is 2.44. The van der Waals surface area contributed by atoms with Gasteiger partial charge in [0.25, 0.3) is 0 Å². The van der Waals surface area contributed by atoms with Crippen molar-refractivity contribution in [2.24, 2.45) is 0 Å². The topological polar surface area (TPSA) is 29.1 Å². The minimum absolute atomic E-state index is 0.000123. The van der Waals surface area contributed by atoms with Gasteiger partial charge in [0, 0.05) is 23.0 Å². The molecule has 0 radical (unpaired) electrons. The Morgan fingerprint density at radius 2 is 1.90 bits per heavy atom. The summed E-state index contributed by atoms with van der Waals surface area (Å²) in [6, 6.07) is 4.75. The zero-order chi connectivity index (χ0) is 14.8. The van der Waals surface area contributed by atoms with Crippen LogP contribution in [-0.4, -0.2) is 5.91 Å². The zero-order valence-electron chi connectivity index (χ0n) is 12.1. The molecule has 2 nitrogen and oxygen atoms in total. The van der Waals surface area contributed by atoms with Crippen LogP contribution in [0.25, 0.3) is 0 Å². The van der Waals surface area contributed by atoms with Crippen LogP contribution in [0.2, 0.25) is 0 Å². The van der Waals surface area contributed by atoms with Gasteiger partial charge in [-0.3, -0.25) is 4.79 Å². The van der Waals surface area contributed by atoms with E-state index < -0.39 is 0 Å². The lowest BCUT2D eigenvalue weighted by Crippen LogP contribution is -2.22. The predicted octanol–water partition coefficient (Wildman–Crippen LogP) is 4.96. The molecule has 1 rings (SSSR count). The van der Waals surface area contributed by atoms with Crippen LogP contribution in [0.15, 0.2) is 22.7 Å². The van der Waals surface area contributed by atoms with Crippen LogP contribution in [0.4, 0.5) is 4.39 Å². The molecule has 0 bridgehead atoms. The number of carbonyl (C=O) groups excluding carboxylic acids is 1. The van der Waals surface area contributed by atoms with Gasteiger partial charge in [0.15, 0.2) is 0 Å². The van der Waals surface area contributed by atoms with Gasteiger partial charge in [0.2, 0.25) is 5.91 Å². The zero-order valence-corrected chi connectivity index (χ0v) is 13.6. The molecule has 1 aromatic rings. The van der Waals surface area contributed by atoms with E-state index in [1.54, 1.807) is 12.1 Å². The van der Waals surface area contributed by atoms with Gasteiger partial charge in [-0.25, -0.2) is 4.39 Å². The smallest absolute Gasteiger partial charge is 0.220 e. The number of unbranched alkanes of at least 4 members (excludes halogenated alkanes) is 5. The summed E-state index contributed by atoms with van der Waals surface area (Å²) in [5.74, 6) is -0.284. The largest absolute Gasteiger partial charge is 0.352 e. The molecule has 1 N–H and O–H groups in total. The molecule has 112 valence electrons. The Kier molecular flexibility index (Phi) is 8.51. The highest BCUT2D eigenvalue weighted by atomic mass is 79.9. The van der Waals surface area contributed by atoms with E-state index in [0.717, 1.165) is 17.3 Å². The molecule has 0 aliphatic heterocycles. The van der Waals surface area contributed by atoms with Gasteiger partial charge in [0.1, 0.15) is 5.82 Å². The number of nitrogens with one attached hydrogen (secondary N) is 1. The Morgan fingerprint density at radius 3 is 2.65 bits per heavy atom. The summed E-state index contributed by atoms with van der Waals surface area (Å²) in [7, 11) is 0. The summed E-state index contributed by atoms with van der Waals surface area (Å²) >= 11 is 3.30. The second-order valence-electron chi connectivity index (χ2n) is 5.03. The van der Waals surface area contributed by atoms with Gasteiger partial charge < -0.3 is 5.32 Å². The third-order valence-electron chi connectivity index (χ3n) is 3.24. The normalized spacial score (nSPS) is 10.6. The molecule has 4 heteroatoms. The van der Waals surface area contributed by atoms with Crippen molar-refractivity contribution >= 4 is 21.8 Å². The van der Waals surface area contributed by atoms with Crippen LogP contribution >= 0.6 is 15.9 Å². The molecule has 0 aliphatic rings. The van der Waals surface area contributed by atoms with Gasteiger partial charge in [0.05, 0.1) is 0 Å². The Balaban J connectivity index is 2.18. The Bertz CT molecular complexity index is 423. The monoisotopic (exact) mass is 343 g/mol. The summed E-state index contributed by atoms with van der Waals surface area (Å²) < 4.78 is 14.3. The van der Waals surface area contributed by atoms with Gasteiger partial charge >= 0.3 is 0 Å². The average molecular weight is 344 g/mol. The third kappa shape index (κ3) is 7.04. The maximum Gasteiger partial charge on any atom is 0.220 e. The molecule has 1 amide bonds. The predicted molar refractivity (Wildman–Crippen MR) is 83.9 cm³/mol. The van der Waals surface area contributed by atoms with Crippen molar-refractivity contribution in [2.45, 2.75) is 58.4 Å². The number of hydrogen-bond acceptors (Lipinski definition) is 1. The molecule has 0 spiro atoms. The first kappa shape index (κ1) is 17.2. The number of halogens is 2. The lowest BCUT2D eigenvalue weighted by Gasteiger charge is -2.07. The van der Waals surface area contributed by atoms with E-state index >= 15 is 0 Å². The number of amides is 1. The minimum Gasteiger partial charge on any atom is -0.352 e. The standard InChI is InChI=1S/C16H23BrFNO/c1-2-3-4-5-6-7-8-16(20)19-12-13-11-14(17)9-10-15(13)18/h9-11H,2-8,12H2,1H3,(H,19,20). The SMILES string of the molecule is CCCCCCCCC(=O)NCc1cc(Br)ccc1F. The van der Waals surface area contributed by atoms with E-state index in [0.29, 0.717) is 12.0 Å². The molecule has 0 saturated heterocycles. The molecule has 0 heterocycles. The van der Waals surface area contributed by atoms with Crippen LogP contribution < -0.4 is 5.32 Å². The molecule has 0 saturated carbocycles. The molecule has 0 aliphatic carbocycles. The van der Waals surface area contributed by atoms with Crippen molar-refractivity contribution in [3.8, 4) is 0 Å². The van der Waals surface area contributed by atoms with Crippen LogP contribution in [0, 0.1) is 5.82 Å². The maximum atomic E-state index is 13.5. The van der Waals surface area contributed by atoms with Crippen molar-refractivity contribution in [3.05, 3.63) is 34.1 Å². The highest BCUT2D eigenvalue weighted by Crippen LogP contribution is 2.15. The Labute approximate surface area is 129 Å². The minimum atomic E-state index is -0.284. The molecule has 20 heavy (non-hydrogen) atoms. The van der Waals surface area contributed by atoms with Crippen LogP contribution in [-0.2, 0) is 11.3 Å². The van der Waals surface area contributed by atoms with E-state index in [2.05, 4.69) is 28.2 Å². The second-order valence-corrected chi connectivity index (χ2v) is 5.95. The van der Waals surface area contributed by atoms with Crippen molar-refractivity contribution in [1.29, 1.82) is 0 Å². The lowest BCUT2D eigenvalue weighted by molar-refractivity contribution is -0.121. The Hall–Kier alpha value is -0.900. The van der Waals surface area contributed by atoms with E-state index in [1.807, 2.05) is 0 Å². The van der Waals surface area contributed by atoms with E-state index in [4.69, 9.17) is 0 Å². The third-order valence-corrected chi connectivity index (χ3v) is 3.73. The summed E-state index contributed by atoms with van der Waals surface area (Å²) in [5, 5.41) is 2.77. The highest BCUT2D eigenvalue weighted by molar-refractivity contribution is 9.10. The first-order valence-corrected chi connectivity index (χ1v) is 8.13. The van der Waals surface area contributed by atoms with Crippen molar-refractivity contribution in [2.75, 3.05) is 0 Å². The molecule has 0 unspecified atom stereocenters. The number of benzene rings is 1. The first-order chi connectivity index (χ1) is 9.63. The van der Waals surface area contributed by atoms with Crippen molar-refractivity contribution < 1.29 is 9.18 Å². The molecule has 0 aromatic heterocycles. The Morgan fingerprint density at radius 1 is 1.20 bits per heavy atom. The maximum absolute atomic E-state index is 13.5. The van der Waals surface area contributed by atoms with Crippen LogP contribution in [0.3, 0.4) is 0 Å². The lowest BCUT2D eigenvalue weighted by atomic mass is 10.1. The number of rotatable bonds is 9. The fraction of sp³-hybridized carbons (Fsp3) is 0.562. The van der Waals surface area contributed by atoms with Crippen molar-refractivity contribution in [1.82, 2.24) is 5.32 Å². The van der Waals surface area contributed by atoms with E-state index in [1.165, 1.54) is 31.7 Å². The highest BCUT2D eigenvalue weighted by Gasteiger charge is 2.05. The van der Waals surface area contributed by atoms with Gasteiger partial charge in [-0.1, -0.05) is 55.0 Å².